The number of hydrogen-bond donors (Lipinski definition) is 2. The number of aromatic amines is 1. The van der Waals surface area contributed by atoms with E-state index in [-0.39, 0.29) is 5.57 Å². The fourth-order valence-corrected chi connectivity index (χ4v) is 1.38. The Morgan fingerprint density at radius 1 is 1.56 bits per heavy atom. The van der Waals surface area contributed by atoms with Crippen molar-refractivity contribution in [3.05, 3.63) is 30.0 Å². The number of hydrogen-bond acceptors (Lipinski definition) is 6. The molecule has 0 atom stereocenters. The molecule has 0 amide bonds. The van der Waals surface area contributed by atoms with Crippen molar-refractivity contribution in [3.8, 4) is 6.07 Å². The summed E-state index contributed by atoms with van der Waals surface area (Å²) in [6.07, 6.45) is 1.27. The van der Waals surface area contributed by atoms with Gasteiger partial charge in [0.2, 0.25) is 0 Å². The van der Waals surface area contributed by atoms with Gasteiger partial charge in [0.05, 0.1) is 12.8 Å². The number of anilines is 1. The first kappa shape index (κ1) is 11.6. The number of carbonyl (C=O) groups is 1. The Morgan fingerprint density at radius 2 is 2.39 bits per heavy atom. The summed E-state index contributed by atoms with van der Waals surface area (Å²) in [7, 11) is 1.21. The van der Waals surface area contributed by atoms with Crippen molar-refractivity contribution in [2.24, 2.45) is 0 Å². The van der Waals surface area contributed by atoms with Crippen LogP contribution in [-0.2, 0) is 9.53 Å². The standard InChI is InChI=1S/C11H9N5O2/c1-18-11(17)7(5-12)6-13-8-3-2-4-9-10(8)15-16-14-9/h2-4,6,13H,1H3,(H,14,15,16)/b7-6+. The van der Waals surface area contributed by atoms with Crippen LogP contribution in [0.15, 0.2) is 30.0 Å². The molecule has 0 fully saturated rings. The Labute approximate surface area is 102 Å². The molecule has 0 aliphatic rings. The number of aromatic nitrogens is 3. The molecule has 90 valence electrons. The Bertz CT molecular complexity index is 653. The molecule has 18 heavy (non-hydrogen) atoms. The van der Waals surface area contributed by atoms with Crippen LogP contribution >= 0.6 is 0 Å². The maximum absolute atomic E-state index is 11.2. The van der Waals surface area contributed by atoms with Gasteiger partial charge in [0, 0.05) is 6.20 Å². The molecule has 7 heteroatoms. The molecule has 0 aliphatic carbocycles. The lowest BCUT2D eigenvalue weighted by Crippen LogP contribution is -2.05. The third-order valence-corrected chi connectivity index (χ3v) is 2.24. The Hall–Kier alpha value is -2.88. The lowest BCUT2D eigenvalue weighted by Gasteiger charge is -2.01. The molecule has 0 bridgehead atoms. The second-order valence-corrected chi connectivity index (χ2v) is 3.30. The summed E-state index contributed by atoms with van der Waals surface area (Å²) in [6.45, 7) is 0. The van der Waals surface area contributed by atoms with Crippen LogP contribution < -0.4 is 5.32 Å². The largest absolute Gasteiger partial charge is 0.465 e. The highest BCUT2D eigenvalue weighted by Crippen LogP contribution is 2.18. The highest BCUT2D eigenvalue weighted by molar-refractivity contribution is 5.94. The van der Waals surface area contributed by atoms with Crippen molar-refractivity contribution in [2.75, 3.05) is 12.4 Å². The number of benzene rings is 1. The van der Waals surface area contributed by atoms with Crippen molar-refractivity contribution in [1.82, 2.24) is 15.4 Å². The monoisotopic (exact) mass is 243 g/mol. The van der Waals surface area contributed by atoms with E-state index in [0.29, 0.717) is 16.7 Å². The van der Waals surface area contributed by atoms with Crippen LogP contribution in [0, 0.1) is 11.3 Å². The van der Waals surface area contributed by atoms with Gasteiger partial charge in [0.25, 0.3) is 0 Å². The molecule has 2 N–H and O–H groups in total. The first-order chi connectivity index (χ1) is 8.76. The molecule has 0 saturated carbocycles. The van der Waals surface area contributed by atoms with Crippen molar-refractivity contribution in [1.29, 1.82) is 5.26 Å². The lowest BCUT2D eigenvalue weighted by molar-refractivity contribution is -0.135. The van der Waals surface area contributed by atoms with Gasteiger partial charge in [-0.3, -0.25) is 0 Å². The number of H-pyrrole nitrogens is 1. The zero-order chi connectivity index (χ0) is 13.0. The molecule has 2 aromatic rings. The van der Waals surface area contributed by atoms with Crippen molar-refractivity contribution in [2.45, 2.75) is 0 Å². The smallest absolute Gasteiger partial charge is 0.350 e. The number of nitrogens with zero attached hydrogens (tertiary/aromatic N) is 3. The fourth-order valence-electron chi connectivity index (χ4n) is 1.38. The van der Waals surface area contributed by atoms with Gasteiger partial charge in [-0.05, 0) is 12.1 Å². The van der Waals surface area contributed by atoms with Gasteiger partial charge < -0.3 is 10.1 Å². The van der Waals surface area contributed by atoms with Crippen molar-refractivity contribution < 1.29 is 9.53 Å². The molecule has 0 spiro atoms. The van der Waals surface area contributed by atoms with Crippen molar-refractivity contribution >= 4 is 22.7 Å². The van der Waals surface area contributed by atoms with Gasteiger partial charge in [-0.15, -0.1) is 0 Å². The zero-order valence-electron chi connectivity index (χ0n) is 9.47. The Morgan fingerprint density at radius 3 is 3.11 bits per heavy atom. The maximum Gasteiger partial charge on any atom is 0.350 e. The second kappa shape index (κ2) is 4.97. The van der Waals surface area contributed by atoms with E-state index in [1.54, 1.807) is 24.3 Å². The average Bonchev–Trinajstić information content (AvgIpc) is 2.88. The van der Waals surface area contributed by atoms with Gasteiger partial charge in [0.15, 0.2) is 5.57 Å². The predicted molar refractivity (Wildman–Crippen MR) is 63.2 cm³/mol. The van der Waals surface area contributed by atoms with E-state index in [1.165, 1.54) is 13.3 Å². The number of carbonyl (C=O) groups excluding carboxylic acids is 1. The van der Waals surface area contributed by atoms with E-state index < -0.39 is 5.97 Å². The highest BCUT2D eigenvalue weighted by Gasteiger charge is 2.09. The number of ether oxygens (including phenoxy) is 1. The summed E-state index contributed by atoms with van der Waals surface area (Å²) >= 11 is 0. The second-order valence-electron chi connectivity index (χ2n) is 3.30. The first-order valence-electron chi connectivity index (χ1n) is 5.01. The average molecular weight is 243 g/mol. The van der Waals surface area contributed by atoms with Gasteiger partial charge in [-0.2, -0.15) is 20.7 Å². The van der Waals surface area contributed by atoms with Crippen LogP contribution in [0.4, 0.5) is 5.69 Å². The van der Waals surface area contributed by atoms with Gasteiger partial charge in [-0.1, -0.05) is 6.07 Å². The predicted octanol–water partition coefficient (Wildman–Crippen LogP) is 0.950. The molecule has 7 nitrogen and oxygen atoms in total. The summed E-state index contributed by atoms with van der Waals surface area (Å²) in [6, 6.07) is 7.08. The number of nitriles is 1. The molecule has 0 aliphatic heterocycles. The molecule has 2 rings (SSSR count). The minimum absolute atomic E-state index is 0.127. The van der Waals surface area contributed by atoms with E-state index in [4.69, 9.17) is 5.26 Å². The van der Waals surface area contributed by atoms with Gasteiger partial charge >= 0.3 is 5.97 Å². The lowest BCUT2D eigenvalue weighted by atomic mass is 10.2. The number of para-hydroxylation sites is 1. The van der Waals surface area contributed by atoms with E-state index in [1.807, 2.05) is 0 Å². The number of rotatable bonds is 3. The number of fused-ring (bicyclic) bond motifs is 1. The number of nitrogens with one attached hydrogen (secondary N) is 2. The van der Waals surface area contributed by atoms with E-state index >= 15 is 0 Å². The van der Waals surface area contributed by atoms with E-state index in [2.05, 4.69) is 25.5 Å². The summed E-state index contributed by atoms with van der Waals surface area (Å²) < 4.78 is 4.46. The van der Waals surface area contributed by atoms with Crippen LogP contribution in [0.2, 0.25) is 0 Å². The van der Waals surface area contributed by atoms with Crippen LogP contribution in [0.3, 0.4) is 0 Å². The normalized spacial score (nSPS) is 11.0. The SMILES string of the molecule is COC(=O)/C(C#N)=C/Nc1cccc2n[nH]nc12. The zero-order valence-corrected chi connectivity index (χ0v) is 9.47. The van der Waals surface area contributed by atoms with Gasteiger partial charge in [0.1, 0.15) is 17.1 Å². The third-order valence-electron chi connectivity index (χ3n) is 2.24. The van der Waals surface area contributed by atoms with Crippen LogP contribution in [0.25, 0.3) is 11.0 Å². The Kier molecular flexibility index (Phi) is 3.20. The summed E-state index contributed by atoms with van der Waals surface area (Å²) in [4.78, 5) is 11.2. The first-order valence-corrected chi connectivity index (χ1v) is 5.01. The minimum Gasteiger partial charge on any atom is -0.465 e. The molecular weight excluding hydrogens is 234 g/mol. The highest BCUT2D eigenvalue weighted by atomic mass is 16.5. The Balaban J connectivity index is 2.29. The molecule has 1 aromatic heterocycles. The fraction of sp³-hybridized carbons (Fsp3) is 0.0909. The summed E-state index contributed by atoms with van der Waals surface area (Å²) in [5.41, 5.74) is 1.82. The third kappa shape index (κ3) is 2.12. The molecule has 0 unspecified atom stereocenters. The molecule has 0 radical (unpaired) electrons. The maximum atomic E-state index is 11.2. The van der Waals surface area contributed by atoms with E-state index in [9.17, 15) is 4.79 Å². The molecular formula is C11H9N5O2. The number of esters is 1. The van der Waals surface area contributed by atoms with Gasteiger partial charge in [-0.25, -0.2) is 4.79 Å². The molecule has 1 heterocycles. The van der Waals surface area contributed by atoms with Crippen LogP contribution in [-0.4, -0.2) is 28.5 Å². The summed E-state index contributed by atoms with van der Waals surface area (Å²) in [5.74, 6) is -0.697. The quantitative estimate of drug-likeness (QED) is 0.472. The topological polar surface area (TPSA) is 104 Å². The molecule has 0 saturated heterocycles. The number of methoxy groups -OCH3 is 1. The van der Waals surface area contributed by atoms with Crippen LogP contribution in [0.5, 0.6) is 0 Å². The van der Waals surface area contributed by atoms with E-state index in [0.717, 1.165) is 0 Å². The minimum atomic E-state index is -0.697. The molecule has 1 aromatic carbocycles. The van der Waals surface area contributed by atoms with Crippen LogP contribution in [0.1, 0.15) is 0 Å². The van der Waals surface area contributed by atoms with Crippen molar-refractivity contribution in [3.63, 3.8) is 0 Å². The summed E-state index contributed by atoms with van der Waals surface area (Å²) in [5, 5.41) is 22.0.